The lowest BCUT2D eigenvalue weighted by molar-refractivity contribution is -0.221. The van der Waals surface area contributed by atoms with Crippen LogP contribution < -0.4 is 10.4 Å². The maximum atomic E-state index is 16.3. The number of esters is 2. The summed E-state index contributed by atoms with van der Waals surface area (Å²) in [7, 11) is 1.53. The van der Waals surface area contributed by atoms with Crippen molar-refractivity contribution in [3.05, 3.63) is 227 Å². The molecule has 9 aliphatic carbocycles. The lowest BCUT2D eigenvalue weighted by Gasteiger charge is -2.58. The average molecular weight is 1230 g/mol. The fraction of sp³-hybridized carbons (Fsp3) is 0.420. The van der Waals surface area contributed by atoms with E-state index in [0.717, 1.165) is 56.1 Å². The number of rotatable bonds is 7. The van der Waals surface area contributed by atoms with Crippen LogP contribution in [0.15, 0.2) is 148 Å². The number of benzene rings is 5. The summed E-state index contributed by atoms with van der Waals surface area (Å²) < 4.78 is 34.8. The van der Waals surface area contributed by atoms with Gasteiger partial charge in [-0.15, -0.1) is 0 Å². The van der Waals surface area contributed by atoms with Gasteiger partial charge >= 0.3 is 17.6 Å². The Bertz CT molecular complexity index is 4340. The number of hydrogen-bond donors (Lipinski definition) is 3. The van der Waals surface area contributed by atoms with Crippen LogP contribution in [0.1, 0.15) is 192 Å². The molecule has 12 aliphatic rings. The van der Waals surface area contributed by atoms with E-state index < -0.39 is 53.3 Å². The second kappa shape index (κ2) is 22.2. The first-order valence-corrected chi connectivity index (χ1v) is 34.1. The Kier molecular flexibility index (Phi) is 14.1. The zero-order valence-corrected chi connectivity index (χ0v) is 52.5. The van der Waals surface area contributed by atoms with E-state index in [1.807, 2.05) is 12.1 Å². The Morgan fingerprint density at radius 3 is 2.41 bits per heavy atom. The molecule has 14 atom stereocenters. The molecule has 5 aromatic carbocycles. The molecule has 3 N–H and O–H groups in total. The lowest BCUT2D eigenvalue weighted by atomic mass is 9.48. The van der Waals surface area contributed by atoms with E-state index in [9.17, 15) is 20.1 Å². The summed E-state index contributed by atoms with van der Waals surface area (Å²) in [6.07, 6.45) is 28.6. The normalized spacial score (nSPS) is 32.7. The third-order valence-electron chi connectivity index (χ3n) is 24.9. The van der Waals surface area contributed by atoms with Crippen molar-refractivity contribution in [1.82, 2.24) is 0 Å². The van der Waals surface area contributed by atoms with Crippen LogP contribution in [-0.4, -0.2) is 65.9 Å². The van der Waals surface area contributed by atoms with Crippen LogP contribution in [0.5, 0.6) is 5.75 Å². The molecule has 6 aromatic rings. The van der Waals surface area contributed by atoms with Gasteiger partial charge in [0.1, 0.15) is 11.3 Å². The molecule has 3 saturated carbocycles. The van der Waals surface area contributed by atoms with Gasteiger partial charge in [-0.05, 0) is 209 Å². The van der Waals surface area contributed by atoms with Gasteiger partial charge in [0.05, 0.1) is 25.4 Å². The van der Waals surface area contributed by atoms with Crippen molar-refractivity contribution in [2.24, 2.45) is 35.0 Å². The van der Waals surface area contributed by atoms with E-state index in [1.54, 1.807) is 6.92 Å². The van der Waals surface area contributed by atoms with Crippen molar-refractivity contribution in [2.75, 3.05) is 26.9 Å². The fourth-order valence-electron chi connectivity index (χ4n) is 21.1. The monoisotopic (exact) mass is 1230 g/mol. The van der Waals surface area contributed by atoms with Crippen LogP contribution in [0.3, 0.4) is 0 Å². The van der Waals surface area contributed by atoms with Gasteiger partial charge in [-0.25, -0.2) is 9.59 Å². The molecule has 0 saturated heterocycles. The van der Waals surface area contributed by atoms with Gasteiger partial charge in [0, 0.05) is 65.7 Å². The SMILES string of the molecule is COC[C@@H](CCO)c1c(CO)c2ccc3c(c2oc1=O)[C@H]1OC(=O)C[C@H]2C[C@@H]4C=C[C@H]2c2cc5c(cc2/C=C/C2=C[C@H]6CCC[C@@H]7C=Cc8ccccc8[C@@]76c6cccc4c62)CC/C(=C(\C)CO)C(=O)O[C@@H]1[C@@]1(CCC[C@]2(CC5)[C@H]1C[C@H]1c4ccccc4C=C[C@@H]12)O3. The molecule has 0 radical (unpaired) electrons. The molecule has 92 heavy (non-hydrogen) atoms. The molecule has 0 unspecified atom stereocenters. The van der Waals surface area contributed by atoms with E-state index in [-0.39, 0.29) is 103 Å². The predicted molar refractivity (Wildman–Crippen MR) is 354 cm³/mol. The number of aliphatic hydroxyl groups excluding tert-OH is 3. The molecule has 2 spiro atoms. The van der Waals surface area contributed by atoms with Crippen molar-refractivity contribution in [3.63, 3.8) is 0 Å². The minimum absolute atomic E-state index is 0.0184. The summed E-state index contributed by atoms with van der Waals surface area (Å²) in [6, 6.07) is 33.4. The van der Waals surface area contributed by atoms with Crippen LogP contribution in [0, 0.1) is 35.0 Å². The van der Waals surface area contributed by atoms with Gasteiger partial charge in [0.2, 0.25) is 0 Å². The molecular weight excluding hydrogens is 1150 g/mol. The van der Waals surface area contributed by atoms with E-state index in [4.69, 9.17) is 23.4 Å². The van der Waals surface area contributed by atoms with E-state index >= 15 is 9.59 Å². The molecule has 1 aromatic heterocycles. The summed E-state index contributed by atoms with van der Waals surface area (Å²) in [6.45, 7) is 0.731. The molecular formula is C81H80O11. The highest BCUT2D eigenvalue weighted by atomic mass is 16.6. The maximum absolute atomic E-state index is 16.3. The number of allylic oxidation sites excluding steroid dienone is 7. The zero-order chi connectivity index (χ0) is 62.4. The quantitative estimate of drug-likeness (QED) is 0.0604. The predicted octanol–water partition coefficient (Wildman–Crippen LogP) is 14.5. The number of aryl methyl sites for hydroxylation is 2. The largest absolute Gasteiger partial charge is 0.482 e. The topological polar surface area (TPSA) is 162 Å². The second-order valence-electron chi connectivity index (χ2n) is 28.8. The van der Waals surface area contributed by atoms with Gasteiger partial charge in [-0.3, -0.25) is 4.79 Å². The first-order chi connectivity index (χ1) is 45.0. The molecule has 3 fully saturated rings. The van der Waals surface area contributed by atoms with Gasteiger partial charge in [0.25, 0.3) is 0 Å². The van der Waals surface area contributed by atoms with Crippen molar-refractivity contribution in [1.29, 1.82) is 0 Å². The summed E-state index contributed by atoms with van der Waals surface area (Å²) in [4.78, 5) is 47.3. The van der Waals surface area contributed by atoms with Crippen LogP contribution >= 0.6 is 0 Å². The minimum Gasteiger partial charge on any atom is -0.482 e. The van der Waals surface area contributed by atoms with E-state index in [1.165, 1.54) is 62.8 Å². The van der Waals surface area contributed by atoms with Gasteiger partial charge < -0.3 is 38.7 Å². The Labute approximate surface area is 537 Å². The molecule has 11 nitrogen and oxygen atoms in total. The highest BCUT2D eigenvalue weighted by Gasteiger charge is 2.70. The van der Waals surface area contributed by atoms with E-state index in [0.29, 0.717) is 59.4 Å². The lowest BCUT2D eigenvalue weighted by Crippen LogP contribution is -2.65. The number of carbonyl (C=O) groups is 2. The first-order valence-electron chi connectivity index (χ1n) is 34.1. The third kappa shape index (κ3) is 8.49. The number of carbonyl (C=O) groups excluding carboxylic acids is 2. The number of aliphatic hydroxyl groups is 3. The van der Waals surface area contributed by atoms with Crippen molar-refractivity contribution in [3.8, 4) is 5.75 Å². The highest BCUT2D eigenvalue weighted by Crippen LogP contribution is 2.71. The van der Waals surface area contributed by atoms with Crippen LogP contribution in [0.25, 0.3) is 34.8 Å². The summed E-state index contributed by atoms with van der Waals surface area (Å²) in [5.74, 6) is -1.30. The summed E-state index contributed by atoms with van der Waals surface area (Å²) in [5.41, 5.74) is 14.0. The summed E-state index contributed by atoms with van der Waals surface area (Å²) >= 11 is 0. The molecule has 470 valence electrons. The van der Waals surface area contributed by atoms with Gasteiger partial charge in [-0.1, -0.05) is 140 Å². The second-order valence-corrected chi connectivity index (χ2v) is 28.8. The van der Waals surface area contributed by atoms with Gasteiger partial charge in [-0.2, -0.15) is 0 Å². The molecule has 18 rings (SSSR count). The molecule has 3 aliphatic heterocycles. The average Bonchev–Trinajstić information content (AvgIpc) is 1.24. The molecule has 4 heterocycles. The van der Waals surface area contributed by atoms with Crippen LogP contribution in [-0.2, 0) is 48.7 Å². The van der Waals surface area contributed by atoms with E-state index in [2.05, 4.69) is 134 Å². The fourth-order valence-corrected chi connectivity index (χ4v) is 21.1. The molecule has 9 bridgehead atoms. The van der Waals surface area contributed by atoms with Crippen molar-refractivity contribution >= 4 is 46.7 Å². The van der Waals surface area contributed by atoms with Crippen LogP contribution in [0.4, 0.5) is 0 Å². The molecule has 11 heteroatoms. The van der Waals surface area contributed by atoms with Crippen LogP contribution in [0.2, 0.25) is 0 Å². The Morgan fingerprint density at radius 2 is 1.55 bits per heavy atom. The number of methoxy groups -OCH3 is 1. The Morgan fingerprint density at radius 1 is 0.739 bits per heavy atom. The number of hydrogen-bond acceptors (Lipinski definition) is 11. The summed E-state index contributed by atoms with van der Waals surface area (Å²) in [5, 5.41) is 33.3. The van der Waals surface area contributed by atoms with Crippen molar-refractivity contribution < 1.29 is 48.3 Å². The van der Waals surface area contributed by atoms with Gasteiger partial charge in [0.15, 0.2) is 17.8 Å². The molecule has 0 amide bonds. The third-order valence-corrected chi connectivity index (χ3v) is 24.9. The zero-order valence-electron chi connectivity index (χ0n) is 52.5. The van der Waals surface area contributed by atoms with Crippen molar-refractivity contribution in [2.45, 2.75) is 150 Å². The Hall–Kier alpha value is -7.67. The standard InChI is InChI=1S/C81H80O11/c1-45(42-83)57-25-21-48-36-51-18-19-52-38-56-13-7-12-55-24-20-47-11-4-6-16-65(47)81(55,56)67-17-8-15-60(71(52)67)50-22-26-59-54(37-50)40-70(85)89-75-73-68(29-27-61-64(43-84)72(78(87)90-74(61)73)53(31-35-82)44-88-2)92-80(76(75)91-77(57)86)33-9-32-79(34-30-49(48)39-62(51)59)66-28-23-46-10-3-5-14-58(46)63(66)41-69(79)80/h3-6,8,10-11,14-20,22-24,26-29,36,38-39,50,53-56,59,63,66,69,75-76,82-84H,7,9,12-13,21,25,30-35,37,40-44H2,1-2H3/b19-18+,57-45-/t50-,53+,54+,55+,56+,59+,63-,66-,69+,75+,76-,79+,80-,81+/m0/s1. The number of fused-ring (bicyclic) bond motifs is 9. The smallest absolute Gasteiger partial charge is 0.340 e. The number of ether oxygens (including phenoxy) is 4. The highest BCUT2D eigenvalue weighted by molar-refractivity contribution is 5.91. The maximum Gasteiger partial charge on any atom is 0.340 e. The first kappa shape index (κ1) is 58.2. The minimum atomic E-state index is -1.36. The Balaban J connectivity index is 0.922.